The van der Waals surface area contributed by atoms with Crippen LogP contribution in [0, 0.1) is 0 Å². The largest absolute Gasteiger partial charge is 0.480 e. The summed E-state index contributed by atoms with van der Waals surface area (Å²) in [4.78, 5) is 10.9. The van der Waals surface area contributed by atoms with Crippen LogP contribution in [0.4, 0.5) is 0 Å². The fourth-order valence-corrected chi connectivity index (χ4v) is 3.05. The molecule has 26 heavy (non-hydrogen) atoms. The van der Waals surface area contributed by atoms with Gasteiger partial charge in [-0.1, -0.05) is 83.3 Å². The van der Waals surface area contributed by atoms with Gasteiger partial charge in [0, 0.05) is 0 Å². The number of hydrogen-bond donors (Lipinski definition) is 4. The van der Waals surface area contributed by atoms with Gasteiger partial charge in [-0.3, -0.25) is 10.1 Å². The number of allylic oxidation sites excluding steroid dienone is 2. The van der Waals surface area contributed by atoms with Gasteiger partial charge in [0.2, 0.25) is 6.41 Å². The summed E-state index contributed by atoms with van der Waals surface area (Å²) < 4.78 is 0. The third-order valence-corrected chi connectivity index (χ3v) is 4.65. The third kappa shape index (κ3) is 17.9. The highest BCUT2D eigenvalue weighted by molar-refractivity contribution is 5.73. The van der Waals surface area contributed by atoms with Crippen LogP contribution in [0.25, 0.3) is 0 Å². The third-order valence-electron chi connectivity index (χ3n) is 4.65. The summed E-state index contributed by atoms with van der Waals surface area (Å²) >= 11 is 0. The Labute approximate surface area is 159 Å². The van der Waals surface area contributed by atoms with Crippen molar-refractivity contribution < 1.29 is 20.1 Å². The van der Waals surface area contributed by atoms with Crippen LogP contribution in [-0.4, -0.2) is 33.7 Å². The van der Waals surface area contributed by atoms with Crippen molar-refractivity contribution in [3.63, 3.8) is 0 Å². The highest BCUT2D eigenvalue weighted by atomic mass is 16.5. The van der Waals surface area contributed by atoms with Crippen LogP contribution in [0.2, 0.25) is 0 Å². The molecule has 0 saturated carbocycles. The maximum atomic E-state index is 10.9. The van der Waals surface area contributed by atoms with Crippen molar-refractivity contribution in [2.24, 2.45) is 0 Å². The number of rotatable bonds is 19. The van der Waals surface area contributed by atoms with Gasteiger partial charge in [-0.15, -0.1) is 0 Å². The van der Waals surface area contributed by atoms with Crippen molar-refractivity contribution in [1.29, 1.82) is 0 Å². The smallest absolute Gasteiger partial charge is 0.320 e. The summed E-state index contributed by atoms with van der Waals surface area (Å²) in [6.45, 7) is 2.25. The highest BCUT2D eigenvalue weighted by Crippen LogP contribution is 2.11. The molecule has 0 fully saturated rings. The second kappa shape index (κ2) is 18.9. The number of aliphatic hydroxyl groups is 2. The van der Waals surface area contributed by atoms with Crippen molar-refractivity contribution in [2.75, 3.05) is 0 Å². The van der Waals surface area contributed by atoms with Crippen molar-refractivity contribution in [1.82, 2.24) is 5.32 Å². The zero-order valence-corrected chi connectivity index (χ0v) is 16.7. The van der Waals surface area contributed by atoms with Gasteiger partial charge in [-0.05, 0) is 32.1 Å². The number of carboxylic acid groups (broad SMARTS) is 1. The van der Waals surface area contributed by atoms with Crippen molar-refractivity contribution in [2.45, 2.75) is 116 Å². The lowest BCUT2D eigenvalue weighted by molar-refractivity contribution is -0.145. The van der Waals surface area contributed by atoms with Crippen LogP contribution in [-0.2, 0) is 4.79 Å². The van der Waals surface area contributed by atoms with Crippen LogP contribution < -0.4 is 5.32 Å². The summed E-state index contributed by atoms with van der Waals surface area (Å²) in [6, 6.07) is -0.883. The summed E-state index contributed by atoms with van der Waals surface area (Å²) in [5.74, 6) is -1.04. The van der Waals surface area contributed by atoms with Gasteiger partial charge in [0.25, 0.3) is 0 Å². The average Bonchev–Trinajstić information content (AvgIpc) is 2.59. The Kier molecular flexibility index (Phi) is 18.2. The number of hydrogen-bond acceptors (Lipinski definition) is 4. The van der Waals surface area contributed by atoms with Crippen molar-refractivity contribution in [3.8, 4) is 0 Å². The van der Waals surface area contributed by atoms with Crippen LogP contribution >= 0.6 is 0 Å². The maximum absolute atomic E-state index is 10.9. The minimum atomic E-state index is -1.77. The Morgan fingerprint density at radius 2 is 1.27 bits per heavy atom. The first-order chi connectivity index (χ1) is 12.6. The van der Waals surface area contributed by atoms with Gasteiger partial charge < -0.3 is 15.3 Å². The van der Waals surface area contributed by atoms with E-state index in [9.17, 15) is 4.79 Å². The molecule has 5 nitrogen and oxygen atoms in total. The molecule has 0 rings (SSSR count). The predicted octanol–water partition coefficient (Wildman–Crippen LogP) is 4.73. The Hall–Kier alpha value is -0.910. The monoisotopic (exact) mass is 371 g/mol. The quantitative estimate of drug-likeness (QED) is 0.150. The molecule has 0 aromatic heterocycles. The van der Waals surface area contributed by atoms with Gasteiger partial charge in [0.05, 0.1) is 0 Å². The van der Waals surface area contributed by atoms with E-state index in [1.807, 2.05) is 0 Å². The van der Waals surface area contributed by atoms with Gasteiger partial charge >= 0.3 is 5.97 Å². The molecule has 0 heterocycles. The first-order valence-corrected chi connectivity index (χ1v) is 10.6. The molecule has 1 unspecified atom stereocenters. The van der Waals surface area contributed by atoms with E-state index >= 15 is 0 Å². The molecular formula is C21H41NO4. The molecule has 0 aliphatic heterocycles. The maximum Gasteiger partial charge on any atom is 0.320 e. The molecule has 4 N–H and O–H groups in total. The Morgan fingerprint density at radius 3 is 1.73 bits per heavy atom. The summed E-state index contributed by atoms with van der Waals surface area (Å²) in [7, 11) is 0. The van der Waals surface area contributed by atoms with E-state index in [0.29, 0.717) is 6.42 Å². The van der Waals surface area contributed by atoms with Gasteiger partial charge in [-0.25, -0.2) is 0 Å². The molecule has 0 aromatic carbocycles. The lowest BCUT2D eigenvalue weighted by Crippen LogP contribution is -2.43. The minimum absolute atomic E-state index is 0.425. The summed E-state index contributed by atoms with van der Waals surface area (Å²) in [5.41, 5.74) is 0. The zero-order chi connectivity index (χ0) is 19.5. The van der Waals surface area contributed by atoms with Crippen LogP contribution in [0.1, 0.15) is 103 Å². The molecule has 0 radical (unpaired) electrons. The highest BCUT2D eigenvalue weighted by Gasteiger charge is 2.18. The van der Waals surface area contributed by atoms with Crippen molar-refractivity contribution >= 4 is 5.97 Å². The van der Waals surface area contributed by atoms with Crippen molar-refractivity contribution in [3.05, 3.63) is 12.2 Å². The van der Waals surface area contributed by atoms with Gasteiger partial charge in [0.15, 0.2) is 0 Å². The number of aliphatic carboxylic acids is 1. The SMILES string of the molecule is CCCCCCCC/C=C\CCCCCCCCC(NC(O)O)C(=O)O. The van der Waals surface area contributed by atoms with E-state index in [4.69, 9.17) is 15.3 Å². The lowest BCUT2D eigenvalue weighted by Gasteiger charge is -2.15. The minimum Gasteiger partial charge on any atom is -0.480 e. The average molecular weight is 372 g/mol. The topological polar surface area (TPSA) is 89.8 Å². The molecular weight excluding hydrogens is 330 g/mol. The Morgan fingerprint density at radius 1 is 0.808 bits per heavy atom. The Balaban J connectivity index is 3.35. The molecule has 154 valence electrons. The number of aliphatic hydroxyl groups excluding tert-OH is 1. The first-order valence-electron chi connectivity index (χ1n) is 10.6. The fourth-order valence-electron chi connectivity index (χ4n) is 3.05. The van der Waals surface area contributed by atoms with Gasteiger partial charge in [-0.2, -0.15) is 0 Å². The second-order valence-corrected chi connectivity index (χ2v) is 7.16. The molecule has 5 heteroatoms. The second-order valence-electron chi connectivity index (χ2n) is 7.16. The van der Waals surface area contributed by atoms with E-state index in [2.05, 4.69) is 24.4 Å². The predicted molar refractivity (Wildman–Crippen MR) is 107 cm³/mol. The normalized spacial score (nSPS) is 12.9. The van der Waals surface area contributed by atoms with Crippen LogP contribution in [0.3, 0.4) is 0 Å². The Bertz CT molecular complexity index is 345. The molecule has 0 aromatic rings. The number of carbonyl (C=O) groups is 1. The van der Waals surface area contributed by atoms with Crippen LogP contribution in [0.5, 0.6) is 0 Å². The fraction of sp³-hybridized carbons (Fsp3) is 0.857. The molecule has 0 aliphatic rings. The standard InChI is InChI=1S/C21H41NO4/c1-2-3-4-5-6-7-8-9-10-11-12-13-14-15-16-17-18-19(20(23)24)22-21(25)26/h9-10,19,21-22,25-26H,2-8,11-18H2,1H3,(H,23,24)/b10-9-. The molecule has 0 amide bonds. The zero-order valence-electron chi connectivity index (χ0n) is 16.7. The molecule has 0 bridgehead atoms. The molecule has 0 saturated heterocycles. The molecule has 0 spiro atoms. The molecule has 1 atom stereocenters. The van der Waals surface area contributed by atoms with E-state index < -0.39 is 18.4 Å². The lowest BCUT2D eigenvalue weighted by atomic mass is 10.0. The number of carboxylic acids is 1. The van der Waals surface area contributed by atoms with Crippen LogP contribution in [0.15, 0.2) is 12.2 Å². The summed E-state index contributed by atoms with van der Waals surface area (Å²) in [5, 5.41) is 28.8. The van der Waals surface area contributed by atoms with Gasteiger partial charge in [0.1, 0.15) is 6.04 Å². The van der Waals surface area contributed by atoms with E-state index in [0.717, 1.165) is 25.7 Å². The molecule has 0 aliphatic carbocycles. The van der Waals surface area contributed by atoms with E-state index in [1.165, 1.54) is 64.2 Å². The number of unbranched alkanes of at least 4 members (excludes halogenated alkanes) is 12. The van der Waals surface area contributed by atoms with E-state index in [-0.39, 0.29) is 0 Å². The van der Waals surface area contributed by atoms with E-state index in [1.54, 1.807) is 0 Å². The summed E-state index contributed by atoms with van der Waals surface area (Å²) in [6.07, 6.45) is 20.3. The first kappa shape index (κ1) is 25.1. The number of nitrogens with one attached hydrogen (secondary N) is 1.